The lowest BCUT2D eigenvalue weighted by Crippen LogP contribution is -2.35. The molecule has 0 saturated carbocycles. The fraction of sp³-hybridized carbons (Fsp3) is 0.429. The summed E-state index contributed by atoms with van der Waals surface area (Å²) in [5, 5.41) is 5.42. The monoisotopic (exact) mass is 300 g/mol. The third-order valence-electron chi connectivity index (χ3n) is 1.53. The van der Waals surface area contributed by atoms with E-state index in [9.17, 15) is 18.0 Å². The summed E-state index contributed by atoms with van der Waals surface area (Å²) < 4.78 is 36.9. The zero-order valence-corrected chi connectivity index (χ0v) is 9.47. The molecule has 1 amide bonds. The number of carbonyl (C=O) groups is 1. The Kier molecular flexibility index (Phi) is 3.79. The first-order valence-corrected chi connectivity index (χ1v) is 4.89. The summed E-state index contributed by atoms with van der Waals surface area (Å²) in [4.78, 5) is 11.1. The summed E-state index contributed by atoms with van der Waals surface area (Å²) in [5.41, 5.74) is 5.37. The van der Waals surface area contributed by atoms with E-state index in [-0.39, 0.29) is 12.4 Å². The number of aromatic nitrogens is 2. The number of carbonyl (C=O) groups excluding carboxylic acids is 1. The number of rotatable bonds is 3. The van der Waals surface area contributed by atoms with Crippen molar-refractivity contribution in [2.45, 2.75) is 12.7 Å². The van der Waals surface area contributed by atoms with E-state index < -0.39 is 18.6 Å². The van der Waals surface area contributed by atoms with E-state index in [1.54, 1.807) is 5.32 Å². The van der Waals surface area contributed by atoms with Gasteiger partial charge in [-0.25, -0.2) is 0 Å². The number of hydrogen-bond acceptors (Lipinski definition) is 3. The van der Waals surface area contributed by atoms with Gasteiger partial charge in [0.15, 0.2) is 5.82 Å². The summed E-state index contributed by atoms with van der Waals surface area (Å²) in [7, 11) is 0. The fourth-order valence-electron chi connectivity index (χ4n) is 0.895. The summed E-state index contributed by atoms with van der Waals surface area (Å²) in [6.07, 6.45) is -3.01. The molecule has 1 aromatic rings. The minimum absolute atomic E-state index is 0.170. The molecule has 0 aliphatic carbocycles. The van der Waals surface area contributed by atoms with Crippen LogP contribution in [0.2, 0.25) is 0 Å². The topological polar surface area (TPSA) is 72.9 Å². The van der Waals surface area contributed by atoms with Gasteiger partial charge < -0.3 is 11.1 Å². The van der Waals surface area contributed by atoms with Crippen molar-refractivity contribution in [3.63, 3.8) is 0 Å². The molecule has 0 saturated heterocycles. The smallest absolute Gasteiger partial charge is 0.381 e. The van der Waals surface area contributed by atoms with Gasteiger partial charge in [0, 0.05) is 6.20 Å². The van der Waals surface area contributed by atoms with Crippen LogP contribution in [0.25, 0.3) is 0 Å². The fourth-order valence-corrected chi connectivity index (χ4v) is 1.21. The van der Waals surface area contributed by atoms with E-state index in [0.717, 1.165) is 4.68 Å². The lowest BCUT2D eigenvalue weighted by molar-refractivity contribution is -0.138. The van der Waals surface area contributed by atoms with Crippen molar-refractivity contribution in [3.8, 4) is 0 Å². The Morgan fingerprint density at radius 3 is 2.69 bits per heavy atom. The van der Waals surface area contributed by atoms with Crippen molar-refractivity contribution in [2.24, 2.45) is 0 Å². The van der Waals surface area contributed by atoms with Gasteiger partial charge in [-0.05, 0) is 15.9 Å². The Balaban J connectivity index is 2.46. The first-order valence-electron chi connectivity index (χ1n) is 4.10. The minimum atomic E-state index is -4.42. The van der Waals surface area contributed by atoms with Gasteiger partial charge in [-0.15, -0.1) is 0 Å². The zero-order valence-electron chi connectivity index (χ0n) is 7.88. The maximum atomic E-state index is 11.8. The Bertz CT molecular complexity index is 370. The number of nitrogens with one attached hydrogen (secondary N) is 1. The molecule has 5 nitrogen and oxygen atoms in total. The second-order valence-electron chi connectivity index (χ2n) is 2.95. The summed E-state index contributed by atoms with van der Waals surface area (Å²) in [6, 6.07) is 0. The molecule has 1 rings (SSSR count). The lowest BCUT2D eigenvalue weighted by Gasteiger charge is -2.07. The molecule has 1 aromatic heterocycles. The van der Waals surface area contributed by atoms with E-state index in [4.69, 9.17) is 5.73 Å². The Hall–Kier alpha value is -1.25. The van der Waals surface area contributed by atoms with Crippen LogP contribution in [0.1, 0.15) is 0 Å². The highest BCUT2D eigenvalue weighted by Gasteiger charge is 2.27. The normalized spacial score (nSPS) is 11.5. The van der Waals surface area contributed by atoms with Crippen LogP contribution < -0.4 is 11.1 Å². The predicted octanol–water partition coefficient (Wildman–Crippen LogP) is 0.906. The Morgan fingerprint density at radius 1 is 1.62 bits per heavy atom. The van der Waals surface area contributed by atoms with Gasteiger partial charge in [-0.1, -0.05) is 0 Å². The van der Waals surface area contributed by atoms with Gasteiger partial charge in [0.25, 0.3) is 0 Å². The molecule has 16 heavy (non-hydrogen) atoms. The molecule has 0 fully saturated rings. The number of amides is 1. The maximum absolute atomic E-state index is 11.8. The number of halogens is 4. The van der Waals surface area contributed by atoms with E-state index >= 15 is 0 Å². The molecule has 0 radical (unpaired) electrons. The van der Waals surface area contributed by atoms with Gasteiger partial charge in [-0.3, -0.25) is 9.48 Å². The number of nitrogens with zero attached hydrogens (tertiary/aromatic N) is 2. The van der Waals surface area contributed by atoms with E-state index in [1.165, 1.54) is 6.20 Å². The van der Waals surface area contributed by atoms with Gasteiger partial charge in [0.2, 0.25) is 5.91 Å². The molecule has 0 aliphatic heterocycles. The van der Waals surface area contributed by atoms with Crippen LogP contribution in [0.5, 0.6) is 0 Å². The van der Waals surface area contributed by atoms with Crippen LogP contribution in [0, 0.1) is 0 Å². The molecular weight excluding hydrogens is 293 g/mol. The molecule has 90 valence electrons. The molecular formula is C7H8BrF3N4O. The zero-order chi connectivity index (χ0) is 12.3. The van der Waals surface area contributed by atoms with Gasteiger partial charge in [-0.2, -0.15) is 18.3 Å². The Morgan fingerprint density at radius 2 is 2.25 bits per heavy atom. The van der Waals surface area contributed by atoms with Crippen LogP contribution in [0.4, 0.5) is 19.0 Å². The number of hydrogen-bond donors (Lipinski definition) is 2. The molecule has 1 heterocycles. The minimum Gasteiger partial charge on any atom is -0.381 e. The third kappa shape index (κ3) is 4.09. The second kappa shape index (κ2) is 4.73. The average molecular weight is 301 g/mol. The van der Waals surface area contributed by atoms with Crippen LogP contribution in [-0.2, 0) is 11.3 Å². The summed E-state index contributed by atoms with van der Waals surface area (Å²) >= 11 is 3.06. The van der Waals surface area contributed by atoms with E-state index in [0.29, 0.717) is 4.47 Å². The molecule has 0 unspecified atom stereocenters. The van der Waals surface area contributed by atoms with Crippen LogP contribution >= 0.6 is 15.9 Å². The van der Waals surface area contributed by atoms with Crippen molar-refractivity contribution < 1.29 is 18.0 Å². The number of alkyl halides is 3. The van der Waals surface area contributed by atoms with Gasteiger partial charge in [0.05, 0.1) is 4.47 Å². The number of nitrogens with two attached hydrogens (primary N) is 1. The number of nitrogen functional groups attached to an aromatic ring is 1. The lowest BCUT2D eigenvalue weighted by atomic mass is 10.5. The summed E-state index contributed by atoms with van der Waals surface area (Å²) in [5.74, 6) is -0.615. The van der Waals surface area contributed by atoms with Crippen molar-refractivity contribution in [3.05, 3.63) is 10.7 Å². The van der Waals surface area contributed by atoms with Crippen molar-refractivity contribution >= 4 is 27.7 Å². The molecule has 0 atom stereocenters. The van der Waals surface area contributed by atoms with Crippen molar-refractivity contribution in [1.82, 2.24) is 15.1 Å². The third-order valence-corrected chi connectivity index (χ3v) is 2.15. The van der Waals surface area contributed by atoms with Crippen molar-refractivity contribution in [2.75, 3.05) is 12.3 Å². The second-order valence-corrected chi connectivity index (χ2v) is 3.81. The molecule has 9 heteroatoms. The molecule has 0 aliphatic rings. The first kappa shape index (κ1) is 12.8. The van der Waals surface area contributed by atoms with Crippen molar-refractivity contribution in [1.29, 1.82) is 0 Å². The standard InChI is InChI=1S/C7H8BrF3N4O/c8-4-1-15(14-6(4)12)2-5(16)13-3-7(9,10)11/h1H,2-3H2,(H2,12,14)(H,13,16). The molecule has 0 spiro atoms. The largest absolute Gasteiger partial charge is 0.405 e. The molecule has 0 aromatic carbocycles. The van der Waals surface area contributed by atoms with Gasteiger partial charge in [0.1, 0.15) is 13.1 Å². The van der Waals surface area contributed by atoms with E-state index in [1.807, 2.05) is 0 Å². The van der Waals surface area contributed by atoms with E-state index in [2.05, 4.69) is 21.0 Å². The highest BCUT2D eigenvalue weighted by atomic mass is 79.9. The molecule has 3 N–H and O–H groups in total. The molecule has 0 bridgehead atoms. The quantitative estimate of drug-likeness (QED) is 0.871. The average Bonchev–Trinajstić information content (AvgIpc) is 2.41. The van der Waals surface area contributed by atoms with Crippen LogP contribution in [-0.4, -0.2) is 28.4 Å². The number of anilines is 1. The summed E-state index contributed by atoms with van der Waals surface area (Å²) in [6.45, 7) is -1.67. The van der Waals surface area contributed by atoms with Crippen LogP contribution in [0.15, 0.2) is 10.7 Å². The SMILES string of the molecule is Nc1nn(CC(=O)NCC(F)(F)F)cc1Br. The predicted molar refractivity (Wildman–Crippen MR) is 53.4 cm³/mol. The Labute approximate surface area is 96.9 Å². The highest BCUT2D eigenvalue weighted by molar-refractivity contribution is 9.10. The van der Waals surface area contributed by atoms with Crippen LogP contribution in [0.3, 0.4) is 0 Å². The first-order chi connectivity index (χ1) is 7.28. The van der Waals surface area contributed by atoms with Gasteiger partial charge >= 0.3 is 6.18 Å². The maximum Gasteiger partial charge on any atom is 0.405 e. The highest BCUT2D eigenvalue weighted by Crippen LogP contribution is 2.16.